The summed E-state index contributed by atoms with van der Waals surface area (Å²) in [5, 5.41) is 4.73. The van der Waals surface area contributed by atoms with E-state index in [-0.39, 0.29) is 6.03 Å². The van der Waals surface area contributed by atoms with Crippen molar-refractivity contribution in [3.8, 4) is 0 Å². The van der Waals surface area contributed by atoms with Crippen LogP contribution in [-0.2, 0) is 12.8 Å². The average molecular weight is 346 g/mol. The molecule has 0 spiro atoms. The first kappa shape index (κ1) is 24.9. The smallest absolute Gasteiger partial charge is 0.314 e. The van der Waals surface area contributed by atoms with Gasteiger partial charge in [0.05, 0.1) is 0 Å². The van der Waals surface area contributed by atoms with Crippen molar-refractivity contribution >= 4 is 6.03 Å². The van der Waals surface area contributed by atoms with Gasteiger partial charge in [-0.2, -0.15) is 0 Å². The van der Waals surface area contributed by atoms with Crippen LogP contribution in [-0.4, -0.2) is 27.2 Å². The van der Waals surface area contributed by atoms with E-state index in [1.807, 2.05) is 6.07 Å². The molecular formula is C21H35N3O. The van der Waals surface area contributed by atoms with Crippen molar-refractivity contribution in [2.24, 2.45) is 5.73 Å². The number of carbonyl (C=O) groups excluding carboxylic acids is 1. The molecule has 2 rings (SSSR count). The minimum Gasteiger partial charge on any atom is -0.341 e. The van der Waals surface area contributed by atoms with Gasteiger partial charge in [0.25, 0.3) is 0 Å². The summed E-state index contributed by atoms with van der Waals surface area (Å²) in [7, 11) is 4.64. The highest BCUT2D eigenvalue weighted by atomic mass is 16.2. The maximum atomic E-state index is 9.96. The number of nitrogens with one attached hydrogen (secondary N) is 2. The molecule has 0 radical (unpaired) electrons. The summed E-state index contributed by atoms with van der Waals surface area (Å²) >= 11 is 0. The lowest BCUT2D eigenvalue weighted by Crippen LogP contribution is -2.28. The van der Waals surface area contributed by atoms with Crippen molar-refractivity contribution < 1.29 is 4.79 Å². The Bertz CT molecular complexity index is 519. The van der Waals surface area contributed by atoms with Crippen LogP contribution in [0.15, 0.2) is 54.6 Å². The highest BCUT2D eigenvalue weighted by Crippen LogP contribution is 2.02. The minimum absolute atomic E-state index is 0.157. The zero-order valence-corrected chi connectivity index (χ0v) is 16.6. The number of carbonyl (C=O) groups is 1. The summed E-state index contributed by atoms with van der Waals surface area (Å²) in [4.78, 5) is 9.96. The van der Waals surface area contributed by atoms with Crippen LogP contribution in [0.1, 0.15) is 30.5 Å². The van der Waals surface area contributed by atoms with Gasteiger partial charge in [-0.1, -0.05) is 74.0 Å². The summed E-state index contributed by atoms with van der Waals surface area (Å²) in [6.07, 6.45) is 2.28. The van der Waals surface area contributed by atoms with Gasteiger partial charge in [-0.25, -0.2) is 4.79 Å². The lowest BCUT2D eigenvalue weighted by Gasteiger charge is -1.94. The summed E-state index contributed by atoms with van der Waals surface area (Å²) in [5.41, 5.74) is 8.67. The number of nitrogens with two attached hydrogens (primary N) is 1. The number of benzene rings is 2. The molecule has 0 aliphatic carbocycles. The van der Waals surface area contributed by atoms with Gasteiger partial charge in [0.2, 0.25) is 0 Å². The molecule has 2 aromatic carbocycles. The largest absolute Gasteiger partial charge is 0.341 e. The van der Waals surface area contributed by atoms with E-state index in [0.717, 1.165) is 12.8 Å². The van der Waals surface area contributed by atoms with Gasteiger partial charge in [0.1, 0.15) is 0 Å². The highest BCUT2D eigenvalue weighted by molar-refractivity contribution is 5.72. The number of hydrogen-bond acceptors (Lipinski definition) is 2. The van der Waals surface area contributed by atoms with E-state index in [2.05, 4.69) is 85.7 Å². The first-order valence-corrected chi connectivity index (χ1v) is 8.63. The van der Waals surface area contributed by atoms with Crippen LogP contribution < -0.4 is 16.4 Å². The molecule has 0 bridgehead atoms. The van der Waals surface area contributed by atoms with Crippen LogP contribution in [0.4, 0.5) is 4.79 Å². The number of aryl methyl sites for hydroxylation is 3. The normalized spacial score (nSPS) is 8.28. The van der Waals surface area contributed by atoms with Crippen LogP contribution >= 0.6 is 0 Å². The second-order valence-corrected chi connectivity index (χ2v) is 5.01. The molecule has 140 valence electrons. The standard InChI is InChI=1S/C9H12.C8H10.C3H8N2O.CH5N/c1-3-9-6-4-8(2)5-7-9;1-2-8-6-4-3-5-7-8;1-4-3(6)5-2;1-2/h4-7H,3H2,1-2H3;3-7H,2H2,1H3;1-2H3,(H2,4,5,6);2H2,1H3. The molecule has 2 aromatic rings. The van der Waals surface area contributed by atoms with Crippen LogP contribution in [0.3, 0.4) is 0 Å². The molecule has 0 aromatic heterocycles. The molecule has 0 aliphatic heterocycles. The Labute approximate surface area is 153 Å². The zero-order valence-electron chi connectivity index (χ0n) is 16.6. The SMILES string of the molecule is CCc1ccc(C)cc1.CCc1ccccc1.CN.CNC(=O)NC. The molecular weight excluding hydrogens is 310 g/mol. The Morgan fingerprint density at radius 1 is 0.800 bits per heavy atom. The summed E-state index contributed by atoms with van der Waals surface area (Å²) in [6, 6.07) is 19.0. The fraction of sp³-hybridized carbons (Fsp3) is 0.381. The second kappa shape index (κ2) is 18.0. The molecule has 0 aliphatic rings. The van der Waals surface area contributed by atoms with E-state index >= 15 is 0 Å². The lowest BCUT2D eigenvalue weighted by atomic mass is 10.1. The number of hydrogen-bond donors (Lipinski definition) is 3. The van der Waals surface area contributed by atoms with E-state index < -0.39 is 0 Å². The number of amides is 2. The molecule has 0 atom stereocenters. The third kappa shape index (κ3) is 15.0. The first-order valence-electron chi connectivity index (χ1n) is 8.63. The molecule has 0 unspecified atom stereocenters. The van der Waals surface area contributed by atoms with E-state index in [0.29, 0.717) is 0 Å². The topological polar surface area (TPSA) is 67.1 Å². The van der Waals surface area contributed by atoms with E-state index in [4.69, 9.17) is 0 Å². The van der Waals surface area contributed by atoms with Gasteiger partial charge in [-0.15, -0.1) is 0 Å². The molecule has 0 saturated carbocycles. The van der Waals surface area contributed by atoms with Gasteiger partial charge < -0.3 is 16.4 Å². The molecule has 2 amide bonds. The summed E-state index contributed by atoms with van der Waals surface area (Å²) in [6.45, 7) is 6.44. The Morgan fingerprint density at radius 2 is 1.20 bits per heavy atom. The fourth-order valence-corrected chi connectivity index (χ4v) is 1.66. The van der Waals surface area contributed by atoms with Crippen molar-refractivity contribution in [2.75, 3.05) is 21.1 Å². The van der Waals surface area contributed by atoms with Gasteiger partial charge in [-0.3, -0.25) is 0 Å². The Kier molecular flexibility index (Phi) is 18.0. The number of urea groups is 1. The third-order valence-electron chi connectivity index (χ3n) is 3.23. The quantitative estimate of drug-likeness (QED) is 0.772. The molecule has 4 nitrogen and oxygen atoms in total. The minimum atomic E-state index is -0.157. The van der Waals surface area contributed by atoms with E-state index in [9.17, 15) is 4.79 Å². The van der Waals surface area contributed by atoms with Gasteiger partial charge >= 0.3 is 6.03 Å². The van der Waals surface area contributed by atoms with Crippen LogP contribution in [0.25, 0.3) is 0 Å². The predicted octanol–water partition coefficient (Wildman–Crippen LogP) is 3.93. The Hall–Kier alpha value is -2.33. The van der Waals surface area contributed by atoms with Gasteiger partial charge in [-0.05, 0) is 37.9 Å². The summed E-state index contributed by atoms with van der Waals surface area (Å²) in [5.74, 6) is 0. The van der Waals surface area contributed by atoms with Gasteiger partial charge in [0.15, 0.2) is 0 Å². The van der Waals surface area contributed by atoms with Crippen molar-refractivity contribution in [3.05, 3.63) is 71.3 Å². The fourth-order valence-electron chi connectivity index (χ4n) is 1.66. The first-order chi connectivity index (χ1) is 12.1. The van der Waals surface area contributed by atoms with Crippen LogP contribution in [0.2, 0.25) is 0 Å². The Morgan fingerprint density at radius 3 is 1.48 bits per heavy atom. The average Bonchev–Trinajstić information content (AvgIpc) is 2.71. The maximum Gasteiger partial charge on any atom is 0.314 e. The summed E-state index contributed by atoms with van der Waals surface area (Å²) < 4.78 is 0. The molecule has 4 heteroatoms. The molecule has 0 saturated heterocycles. The zero-order chi connectivity index (χ0) is 19.5. The van der Waals surface area contributed by atoms with Crippen molar-refractivity contribution in [1.29, 1.82) is 0 Å². The Balaban J connectivity index is 0. The highest BCUT2D eigenvalue weighted by Gasteiger charge is 1.85. The maximum absolute atomic E-state index is 9.96. The van der Waals surface area contributed by atoms with Crippen molar-refractivity contribution in [3.63, 3.8) is 0 Å². The monoisotopic (exact) mass is 345 g/mol. The van der Waals surface area contributed by atoms with E-state index in [1.165, 1.54) is 23.7 Å². The van der Waals surface area contributed by atoms with Crippen molar-refractivity contribution in [1.82, 2.24) is 10.6 Å². The molecule has 0 fully saturated rings. The molecule has 25 heavy (non-hydrogen) atoms. The van der Waals surface area contributed by atoms with E-state index in [1.54, 1.807) is 14.1 Å². The van der Waals surface area contributed by atoms with Crippen LogP contribution in [0.5, 0.6) is 0 Å². The number of rotatable bonds is 2. The third-order valence-corrected chi connectivity index (χ3v) is 3.23. The lowest BCUT2D eigenvalue weighted by molar-refractivity contribution is 0.245. The molecule has 0 heterocycles. The van der Waals surface area contributed by atoms with Crippen molar-refractivity contribution in [2.45, 2.75) is 33.6 Å². The van der Waals surface area contributed by atoms with Gasteiger partial charge in [0, 0.05) is 14.1 Å². The molecule has 4 N–H and O–H groups in total. The predicted molar refractivity (Wildman–Crippen MR) is 110 cm³/mol. The van der Waals surface area contributed by atoms with Crippen LogP contribution in [0, 0.1) is 6.92 Å². The second-order valence-electron chi connectivity index (χ2n) is 5.01.